The normalized spacial score (nSPS) is 19.6. The number of rotatable bonds is 2. The Morgan fingerprint density at radius 1 is 1.26 bits per heavy atom. The van der Waals surface area contributed by atoms with E-state index in [2.05, 4.69) is 34.2 Å². The van der Waals surface area contributed by atoms with Crippen LogP contribution in [0.5, 0.6) is 0 Å². The van der Waals surface area contributed by atoms with Crippen molar-refractivity contribution in [1.82, 2.24) is 14.8 Å². The summed E-state index contributed by atoms with van der Waals surface area (Å²) in [7, 11) is 0. The van der Waals surface area contributed by atoms with Gasteiger partial charge in [0.15, 0.2) is 0 Å². The summed E-state index contributed by atoms with van der Waals surface area (Å²) in [5, 5.41) is 7.37. The summed E-state index contributed by atoms with van der Waals surface area (Å²) >= 11 is 5.38. The summed E-state index contributed by atoms with van der Waals surface area (Å²) < 4.78 is 2.68. The molecule has 4 nitrogen and oxygen atoms in total. The standard InChI is InChI=1S/C14H18N4S/c1-11-7-5-6-10-17(11)13-15-16-14(19)18(13)12-8-3-2-4-9-12/h2-4,8-9,11H,5-7,10H2,1H3,(H,16,19). The molecule has 0 aliphatic carbocycles. The van der Waals surface area contributed by atoms with Crippen LogP contribution >= 0.6 is 12.2 Å². The quantitative estimate of drug-likeness (QED) is 0.854. The molecule has 0 spiro atoms. The van der Waals surface area contributed by atoms with Gasteiger partial charge in [-0.05, 0) is 50.5 Å². The van der Waals surface area contributed by atoms with E-state index in [0.717, 1.165) is 18.2 Å². The molecule has 3 rings (SSSR count). The minimum atomic E-state index is 0.515. The van der Waals surface area contributed by atoms with Gasteiger partial charge in [0.1, 0.15) is 0 Å². The van der Waals surface area contributed by atoms with E-state index in [4.69, 9.17) is 12.2 Å². The summed E-state index contributed by atoms with van der Waals surface area (Å²) in [6.45, 7) is 3.31. The zero-order valence-electron chi connectivity index (χ0n) is 11.0. The molecular weight excluding hydrogens is 256 g/mol. The Labute approximate surface area is 118 Å². The van der Waals surface area contributed by atoms with Gasteiger partial charge in [-0.3, -0.25) is 4.57 Å². The minimum Gasteiger partial charge on any atom is -0.338 e. The van der Waals surface area contributed by atoms with E-state index in [-0.39, 0.29) is 0 Å². The predicted molar refractivity (Wildman–Crippen MR) is 79.4 cm³/mol. The van der Waals surface area contributed by atoms with Gasteiger partial charge in [0, 0.05) is 12.6 Å². The van der Waals surface area contributed by atoms with Crippen LogP contribution in [0.1, 0.15) is 26.2 Å². The number of aromatic nitrogens is 3. The Hall–Kier alpha value is -1.62. The van der Waals surface area contributed by atoms with Gasteiger partial charge < -0.3 is 4.90 Å². The van der Waals surface area contributed by atoms with Crippen LogP contribution in [0.2, 0.25) is 0 Å². The average molecular weight is 274 g/mol. The first-order valence-electron chi connectivity index (χ1n) is 6.77. The number of aromatic amines is 1. The second-order valence-electron chi connectivity index (χ2n) is 5.04. The molecule has 0 radical (unpaired) electrons. The maximum Gasteiger partial charge on any atom is 0.230 e. The summed E-state index contributed by atoms with van der Waals surface area (Å²) in [6.07, 6.45) is 3.74. The molecule has 2 heterocycles. The number of anilines is 1. The van der Waals surface area contributed by atoms with E-state index in [0.29, 0.717) is 10.8 Å². The van der Waals surface area contributed by atoms with E-state index >= 15 is 0 Å². The van der Waals surface area contributed by atoms with Gasteiger partial charge in [0.05, 0.1) is 5.69 Å². The van der Waals surface area contributed by atoms with Crippen LogP contribution in [0.25, 0.3) is 5.69 Å². The predicted octanol–water partition coefficient (Wildman–Crippen LogP) is 3.31. The largest absolute Gasteiger partial charge is 0.338 e. The van der Waals surface area contributed by atoms with Gasteiger partial charge in [-0.2, -0.15) is 0 Å². The first-order chi connectivity index (χ1) is 9.27. The molecule has 1 saturated heterocycles. The van der Waals surface area contributed by atoms with Crippen LogP contribution in [-0.2, 0) is 0 Å². The molecule has 0 bridgehead atoms. The van der Waals surface area contributed by atoms with Crippen molar-refractivity contribution in [3.63, 3.8) is 0 Å². The van der Waals surface area contributed by atoms with Crippen molar-refractivity contribution in [2.45, 2.75) is 32.2 Å². The molecule has 1 atom stereocenters. The van der Waals surface area contributed by atoms with Crippen molar-refractivity contribution in [2.75, 3.05) is 11.4 Å². The maximum atomic E-state index is 5.38. The highest BCUT2D eigenvalue weighted by atomic mass is 32.1. The highest BCUT2D eigenvalue weighted by Gasteiger charge is 2.23. The Kier molecular flexibility index (Phi) is 3.38. The molecule has 2 aromatic rings. The number of H-pyrrole nitrogens is 1. The number of benzene rings is 1. The highest BCUT2D eigenvalue weighted by Crippen LogP contribution is 2.25. The molecule has 0 saturated carbocycles. The first-order valence-corrected chi connectivity index (χ1v) is 7.17. The Bertz CT molecular complexity index is 601. The summed E-state index contributed by atoms with van der Waals surface area (Å²) in [4.78, 5) is 2.35. The smallest absolute Gasteiger partial charge is 0.230 e. The van der Waals surface area contributed by atoms with Crippen LogP contribution in [0.4, 0.5) is 5.95 Å². The lowest BCUT2D eigenvalue weighted by Gasteiger charge is -2.34. The van der Waals surface area contributed by atoms with E-state index in [1.807, 2.05) is 22.8 Å². The maximum absolute atomic E-state index is 5.38. The van der Waals surface area contributed by atoms with Crippen molar-refractivity contribution < 1.29 is 0 Å². The van der Waals surface area contributed by atoms with Crippen LogP contribution in [0.15, 0.2) is 30.3 Å². The highest BCUT2D eigenvalue weighted by molar-refractivity contribution is 7.71. The van der Waals surface area contributed by atoms with E-state index in [1.54, 1.807) is 0 Å². The number of para-hydroxylation sites is 1. The average Bonchev–Trinajstić information content (AvgIpc) is 2.82. The Morgan fingerprint density at radius 3 is 2.79 bits per heavy atom. The lowest BCUT2D eigenvalue weighted by Crippen LogP contribution is -2.39. The lowest BCUT2D eigenvalue weighted by atomic mass is 10.0. The molecule has 1 aromatic carbocycles. The topological polar surface area (TPSA) is 36.9 Å². The molecular formula is C14H18N4S. The molecule has 1 N–H and O–H groups in total. The number of nitrogens with zero attached hydrogens (tertiary/aromatic N) is 3. The van der Waals surface area contributed by atoms with Crippen LogP contribution in [-0.4, -0.2) is 27.4 Å². The fraction of sp³-hybridized carbons (Fsp3) is 0.429. The molecule has 100 valence electrons. The molecule has 1 aromatic heterocycles. The van der Waals surface area contributed by atoms with Gasteiger partial charge in [-0.15, -0.1) is 5.10 Å². The van der Waals surface area contributed by atoms with E-state index < -0.39 is 0 Å². The van der Waals surface area contributed by atoms with Crippen molar-refractivity contribution in [2.24, 2.45) is 0 Å². The van der Waals surface area contributed by atoms with E-state index in [1.165, 1.54) is 19.3 Å². The van der Waals surface area contributed by atoms with Crippen molar-refractivity contribution in [3.05, 3.63) is 35.1 Å². The number of hydrogen-bond donors (Lipinski definition) is 1. The number of nitrogens with one attached hydrogen (secondary N) is 1. The van der Waals surface area contributed by atoms with Gasteiger partial charge in [-0.25, -0.2) is 5.10 Å². The lowest BCUT2D eigenvalue weighted by molar-refractivity contribution is 0.475. The Balaban J connectivity index is 2.06. The fourth-order valence-electron chi connectivity index (χ4n) is 2.69. The first kappa shape index (κ1) is 12.4. The molecule has 1 aliphatic rings. The molecule has 1 unspecified atom stereocenters. The van der Waals surface area contributed by atoms with Crippen molar-refractivity contribution in [1.29, 1.82) is 0 Å². The Morgan fingerprint density at radius 2 is 2.05 bits per heavy atom. The number of hydrogen-bond acceptors (Lipinski definition) is 3. The molecule has 5 heteroatoms. The zero-order valence-corrected chi connectivity index (χ0v) is 11.9. The monoisotopic (exact) mass is 274 g/mol. The number of piperidine rings is 1. The fourth-order valence-corrected chi connectivity index (χ4v) is 2.92. The summed E-state index contributed by atoms with van der Waals surface area (Å²) in [5.41, 5.74) is 1.06. The van der Waals surface area contributed by atoms with Gasteiger partial charge in [0.25, 0.3) is 0 Å². The van der Waals surface area contributed by atoms with Gasteiger partial charge in [-0.1, -0.05) is 18.2 Å². The molecule has 1 fully saturated rings. The van der Waals surface area contributed by atoms with Crippen LogP contribution in [0.3, 0.4) is 0 Å². The molecule has 1 aliphatic heterocycles. The third kappa shape index (κ3) is 2.30. The van der Waals surface area contributed by atoms with Crippen LogP contribution < -0.4 is 4.90 Å². The summed E-state index contributed by atoms with van der Waals surface area (Å²) in [6, 6.07) is 10.7. The van der Waals surface area contributed by atoms with Crippen LogP contribution in [0, 0.1) is 4.77 Å². The van der Waals surface area contributed by atoms with Gasteiger partial charge >= 0.3 is 0 Å². The third-order valence-electron chi connectivity index (χ3n) is 3.73. The second kappa shape index (κ2) is 5.17. The third-order valence-corrected chi connectivity index (χ3v) is 4.00. The zero-order chi connectivity index (χ0) is 13.2. The molecule has 0 amide bonds. The van der Waals surface area contributed by atoms with Crippen molar-refractivity contribution in [3.8, 4) is 5.69 Å². The summed E-state index contributed by atoms with van der Waals surface area (Å²) in [5.74, 6) is 0.934. The van der Waals surface area contributed by atoms with Gasteiger partial charge in [0.2, 0.25) is 10.7 Å². The minimum absolute atomic E-state index is 0.515. The SMILES string of the molecule is CC1CCCCN1c1n[nH]c(=S)n1-c1ccccc1. The molecule has 19 heavy (non-hydrogen) atoms. The van der Waals surface area contributed by atoms with E-state index in [9.17, 15) is 0 Å². The second-order valence-corrected chi connectivity index (χ2v) is 5.42. The van der Waals surface area contributed by atoms with Crippen molar-refractivity contribution >= 4 is 18.2 Å².